The van der Waals surface area contributed by atoms with Crippen LogP contribution in [-0.2, 0) is 9.31 Å². The van der Waals surface area contributed by atoms with E-state index in [1.807, 2.05) is 6.92 Å². The first-order valence-electron chi connectivity index (χ1n) is 6.91. The molecule has 0 aromatic rings. The molecule has 1 unspecified atom stereocenters. The Kier molecular flexibility index (Phi) is 11.6. The minimum Gasteiger partial charge on any atom is -0.411 e. The molecule has 3 nitrogen and oxygen atoms in total. The second kappa shape index (κ2) is 11.9. The van der Waals surface area contributed by atoms with Crippen LogP contribution in [-0.4, -0.2) is 20.3 Å². The van der Waals surface area contributed by atoms with Crippen LogP contribution in [0.3, 0.4) is 0 Å². The number of nitriles is 1. The van der Waals surface area contributed by atoms with E-state index in [4.69, 9.17) is 14.6 Å². The van der Waals surface area contributed by atoms with Gasteiger partial charge in [-0.15, -0.1) is 0 Å². The lowest BCUT2D eigenvalue weighted by Crippen LogP contribution is -2.26. The second-order valence-electron chi connectivity index (χ2n) is 4.35. The minimum atomic E-state index is -0.197. The lowest BCUT2D eigenvalue weighted by molar-refractivity contribution is 0.188. The van der Waals surface area contributed by atoms with E-state index in [0.717, 1.165) is 45.3 Å². The van der Waals surface area contributed by atoms with Crippen molar-refractivity contribution in [3.63, 3.8) is 0 Å². The molecular weight excluding hydrogens is 213 g/mol. The molecule has 1 atom stereocenters. The van der Waals surface area contributed by atoms with E-state index < -0.39 is 0 Å². The summed E-state index contributed by atoms with van der Waals surface area (Å²) < 4.78 is 11.4. The summed E-state index contributed by atoms with van der Waals surface area (Å²) in [5.74, 6) is 0.0447. The highest BCUT2D eigenvalue weighted by atomic mass is 16.6. The number of unbranched alkanes of at least 4 members (excludes halogenated alkanes) is 2. The predicted octanol–water partition coefficient (Wildman–Crippen LogP) is 3.66. The van der Waals surface area contributed by atoms with Gasteiger partial charge in [0.25, 0.3) is 0 Å². The third-order valence-corrected chi connectivity index (χ3v) is 2.76. The fraction of sp³-hybridized carbons (Fsp3) is 0.923. The van der Waals surface area contributed by atoms with Gasteiger partial charge in [-0.25, -0.2) is 0 Å². The Morgan fingerprint density at radius 1 is 1.06 bits per heavy atom. The van der Waals surface area contributed by atoms with Crippen molar-refractivity contribution >= 4 is 7.12 Å². The zero-order valence-electron chi connectivity index (χ0n) is 11.6. The van der Waals surface area contributed by atoms with E-state index in [1.165, 1.54) is 0 Å². The molecule has 17 heavy (non-hydrogen) atoms. The molecule has 0 radical (unpaired) electrons. The van der Waals surface area contributed by atoms with E-state index in [0.29, 0.717) is 6.32 Å². The maximum absolute atomic E-state index is 8.96. The number of hydrogen-bond donors (Lipinski definition) is 0. The summed E-state index contributed by atoms with van der Waals surface area (Å²) in [4.78, 5) is 0. The zero-order valence-corrected chi connectivity index (χ0v) is 11.6. The molecule has 0 heterocycles. The standard InChI is InChI=1S/C13H26BNO2/c1-4-7-9-16-14(17-10-8-5-2)11-13(6-3)12-15/h13H,4-11H2,1-3H3. The van der Waals surface area contributed by atoms with Crippen molar-refractivity contribution in [2.45, 2.75) is 59.2 Å². The van der Waals surface area contributed by atoms with Gasteiger partial charge in [-0.2, -0.15) is 5.26 Å². The Bertz CT molecular complexity index is 196. The van der Waals surface area contributed by atoms with Gasteiger partial charge < -0.3 is 9.31 Å². The molecule has 0 saturated heterocycles. The Balaban J connectivity index is 3.95. The Morgan fingerprint density at radius 3 is 1.94 bits per heavy atom. The summed E-state index contributed by atoms with van der Waals surface area (Å²) in [6, 6.07) is 2.30. The molecule has 0 aliphatic rings. The molecule has 0 bridgehead atoms. The van der Waals surface area contributed by atoms with Crippen LogP contribution in [0, 0.1) is 17.2 Å². The Hall–Kier alpha value is -0.525. The summed E-state index contributed by atoms with van der Waals surface area (Å²) in [5, 5.41) is 8.96. The number of nitrogens with zero attached hydrogens (tertiary/aromatic N) is 1. The molecular formula is C13H26BNO2. The van der Waals surface area contributed by atoms with Crippen LogP contribution in [0.25, 0.3) is 0 Å². The van der Waals surface area contributed by atoms with Crippen molar-refractivity contribution in [1.29, 1.82) is 5.26 Å². The lowest BCUT2D eigenvalue weighted by atomic mass is 9.76. The fourth-order valence-electron chi connectivity index (χ4n) is 1.45. The Morgan fingerprint density at radius 2 is 1.59 bits per heavy atom. The third-order valence-electron chi connectivity index (χ3n) is 2.76. The molecule has 98 valence electrons. The van der Waals surface area contributed by atoms with Crippen LogP contribution in [0.15, 0.2) is 0 Å². The first-order chi connectivity index (χ1) is 8.28. The SMILES string of the molecule is CCCCOB(CC(C#N)CC)OCCCC. The fourth-order valence-corrected chi connectivity index (χ4v) is 1.45. The largest absolute Gasteiger partial charge is 0.458 e. The highest BCUT2D eigenvalue weighted by Crippen LogP contribution is 2.13. The quantitative estimate of drug-likeness (QED) is 0.408. The molecule has 0 N–H and O–H groups in total. The molecule has 0 aromatic heterocycles. The van der Waals surface area contributed by atoms with Gasteiger partial charge in [0.1, 0.15) is 0 Å². The van der Waals surface area contributed by atoms with Gasteiger partial charge in [-0.05, 0) is 25.6 Å². The molecule has 0 aromatic carbocycles. The highest BCUT2D eigenvalue weighted by molar-refractivity contribution is 6.44. The topological polar surface area (TPSA) is 42.2 Å². The smallest absolute Gasteiger partial charge is 0.411 e. The van der Waals surface area contributed by atoms with Gasteiger partial charge in [-0.1, -0.05) is 33.6 Å². The van der Waals surface area contributed by atoms with Crippen LogP contribution in [0.5, 0.6) is 0 Å². The van der Waals surface area contributed by atoms with Gasteiger partial charge in [0, 0.05) is 19.1 Å². The minimum absolute atomic E-state index is 0.0447. The second-order valence-corrected chi connectivity index (χ2v) is 4.35. The van der Waals surface area contributed by atoms with Crippen molar-refractivity contribution in [1.82, 2.24) is 0 Å². The maximum Gasteiger partial charge on any atom is 0.458 e. The number of rotatable bonds is 11. The number of hydrogen-bond acceptors (Lipinski definition) is 3. The summed E-state index contributed by atoms with van der Waals surface area (Å²) in [7, 11) is -0.197. The first-order valence-corrected chi connectivity index (χ1v) is 6.91. The van der Waals surface area contributed by atoms with E-state index in [-0.39, 0.29) is 13.0 Å². The van der Waals surface area contributed by atoms with Crippen molar-refractivity contribution in [2.75, 3.05) is 13.2 Å². The van der Waals surface area contributed by atoms with Gasteiger partial charge in [-0.3, -0.25) is 0 Å². The van der Waals surface area contributed by atoms with Crippen molar-refractivity contribution in [2.24, 2.45) is 5.92 Å². The van der Waals surface area contributed by atoms with Crippen LogP contribution < -0.4 is 0 Å². The maximum atomic E-state index is 8.96. The van der Waals surface area contributed by atoms with Crippen LogP contribution in [0.2, 0.25) is 6.32 Å². The first kappa shape index (κ1) is 16.5. The normalized spacial score (nSPS) is 12.1. The third kappa shape index (κ3) is 9.20. The monoisotopic (exact) mass is 239 g/mol. The summed E-state index contributed by atoms with van der Waals surface area (Å²) in [5.41, 5.74) is 0. The average Bonchev–Trinajstić information content (AvgIpc) is 2.35. The Labute approximate surface area is 107 Å². The zero-order chi connectivity index (χ0) is 12.9. The summed E-state index contributed by atoms with van der Waals surface area (Å²) in [6.45, 7) is 7.77. The van der Waals surface area contributed by atoms with Gasteiger partial charge in [0.15, 0.2) is 0 Å². The molecule has 0 aliphatic heterocycles. The summed E-state index contributed by atoms with van der Waals surface area (Å²) in [6.07, 6.45) is 5.91. The molecule has 0 fully saturated rings. The van der Waals surface area contributed by atoms with Gasteiger partial charge >= 0.3 is 7.12 Å². The van der Waals surface area contributed by atoms with Crippen molar-refractivity contribution in [3.8, 4) is 6.07 Å². The van der Waals surface area contributed by atoms with Crippen molar-refractivity contribution < 1.29 is 9.31 Å². The van der Waals surface area contributed by atoms with E-state index >= 15 is 0 Å². The van der Waals surface area contributed by atoms with Crippen LogP contribution in [0.1, 0.15) is 52.9 Å². The van der Waals surface area contributed by atoms with Gasteiger partial charge in [0.2, 0.25) is 0 Å². The van der Waals surface area contributed by atoms with E-state index in [9.17, 15) is 0 Å². The van der Waals surface area contributed by atoms with Crippen LogP contribution in [0.4, 0.5) is 0 Å². The molecule has 0 aliphatic carbocycles. The lowest BCUT2D eigenvalue weighted by Gasteiger charge is -2.16. The predicted molar refractivity (Wildman–Crippen MR) is 71.7 cm³/mol. The van der Waals surface area contributed by atoms with Crippen LogP contribution >= 0.6 is 0 Å². The molecule has 0 rings (SSSR count). The summed E-state index contributed by atoms with van der Waals surface area (Å²) >= 11 is 0. The molecule has 4 heteroatoms. The van der Waals surface area contributed by atoms with E-state index in [1.54, 1.807) is 0 Å². The van der Waals surface area contributed by atoms with Crippen molar-refractivity contribution in [3.05, 3.63) is 0 Å². The molecule has 0 spiro atoms. The van der Waals surface area contributed by atoms with Gasteiger partial charge in [0.05, 0.1) is 6.07 Å². The molecule has 0 saturated carbocycles. The molecule has 0 amide bonds. The highest BCUT2D eigenvalue weighted by Gasteiger charge is 2.22. The van der Waals surface area contributed by atoms with E-state index in [2.05, 4.69) is 19.9 Å². The average molecular weight is 239 g/mol.